The summed E-state index contributed by atoms with van der Waals surface area (Å²) in [5, 5.41) is 0. The number of nitrogens with zero attached hydrogens (tertiary/aromatic N) is 1. The zero-order chi connectivity index (χ0) is 16.3. The van der Waals surface area contributed by atoms with Crippen molar-refractivity contribution in [3.05, 3.63) is 29.8 Å². The Bertz CT molecular complexity index is 608. The van der Waals surface area contributed by atoms with Crippen LogP contribution in [0.2, 0.25) is 0 Å². The number of hydrogen-bond donors (Lipinski definition) is 0. The lowest BCUT2D eigenvalue weighted by molar-refractivity contribution is -0.0913. The molecule has 2 aliphatic heterocycles. The largest absolute Gasteiger partial charge is 0.349 e. The SMILES string of the molecule is CCCc1ccc(S(=O)(=O)N2CCCC[C@H]2C2OCCO2)cc1. The molecule has 0 aliphatic carbocycles. The predicted octanol–water partition coefficient (Wildman–Crippen LogP) is 2.56. The van der Waals surface area contributed by atoms with Crippen LogP contribution in [-0.2, 0) is 25.9 Å². The molecule has 0 aromatic heterocycles. The molecule has 2 heterocycles. The van der Waals surface area contributed by atoms with Gasteiger partial charge in [0.2, 0.25) is 10.0 Å². The molecule has 0 radical (unpaired) electrons. The molecule has 1 aromatic rings. The Morgan fingerprint density at radius 3 is 2.48 bits per heavy atom. The van der Waals surface area contributed by atoms with E-state index in [4.69, 9.17) is 9.47 Å². The molecule has 0 unspecified atom stereocenters. The first-order valence-electron chi connectivity index (χ1n) is 8.47. The molecular formula is C17H25NO4S. The summed E-state index contributed by atoms with van der Waals surface area (Å²) >= 11 is 0. The minimum Gasteiger partial charge on any atom is -0.349 e. The normalized spacial score (nSPS) is 24.1. The third kappa shape index (κ3) is 3.60. The third-order valence-corrected chi connectivity index (χ3v) is 6.47. The highest BCUT2D eigenvalue weighted by molar-refractivity contribution is 7.89. The third-order valence-electron chi connectivity index (χ3n) is 4.53. The molecule has 0 saturated carbocycles. The van der Waals surface area contributed by atoms with Crippen LogP contribution in [0.1, 0.15) is 38.2 Å². The molecule has 2 saturated heterocycles. The van der Waals surface area contributed by atoms with Crippen LogP contribution in [0.4, 0.5) is 0 Å². The molecule has 1 aromatic carbocycles. The highest BCUT2D eigenvalue weighted by atomic mass is 32.2. The fourth-order valence-electron chi connectivity index (χ4n) is 3.35. The second-order valence-electron chi connectivity index (χ2n) is 6.18. The summed E-state index contributed by atoms with van der Waals surface area (Å²) < 4.78 is 38.8. The van der Waals surface area contributed by atoms with E-state index in [9.17, 15) is 8.42 Å². The molecule has 0 amide bonds. The average molecular weight is 339 g/mol. The summed E-state index contributed by atoms with van der Waals surface area (Å²) in [5.41, 5.74) is 1.17. The smallest absolute Gasteiger partial charge is 0.243 e. The van der Waals surface area contributed by atoms with Crippen LogP contribution in [0.3, 0.4) is 0 Å². The van der Waals surface area contributed by atoms with Crippen molar-refractivity contribution in [2.75, 3.05) is 19.8 Å². The number of aryl methyl sites for hydroxylation is 1. The first kappa shape index (κ1) is 16.9. The van der Waals surface area contributed by atoms with Gasteiger partial charge in [0.25, 0.3) is 0 Å². The van der Waals surface area contributed by atoms with Gasteiger partial charge in [-0.2, -0.15) is 4.31 Å². The molecule has 2 aliphatic rings. The Morgan fingerprint density at radius 2 is 1.83 bits per heavy atom. The summed E-state index contributed by atoms with van der Waals surface area (Å²) in [6, 6.07) is 7.06. The molecule has 128 valence electrons. The average Bonchev–Trinajstić information content (AvgIpc) is 3.10. The van der Waals surface area contributed by atoms with Gasteiger partial charge in [0.15, 0.2) is 6.29 Å². The Labute approximate surface area is 138 Å². The molecule has 5 nitrogen and oxygen atoms in total. The summed E-state index contributed by atoms with van der Waals surface area (Å²) in [4.78, 5) is 0.363. The summed E-state index contributed by atoms with van der Waals surface area (Å²) in [5.74, 6) is 0. The zero-order valence-electron chi connectivity index (χ0n) is 13.6. The number of rotatable bonds is 5. The Kier molecular flexibility index (Phi) is 5.36. The highest BCUT2D eigenvalue weighted by Crippen LogP contribution is 2.30. The molecule has 2 fully saturated rings. The standard InChI is InChI=1S/C17H25NO4S/c1-2-5-14-7-9-15(10-8-14)23(19,20)18-11-4-3-6-16(18)17-21-12-13-22-17/h7-10,16-17H,2-6,11-13H2,1H3/t16-/m0/s1. The van der Waals surface area contributed by atoms with Crippen LogP contribution in [0, 0.1) is 0 Å². The quantitative estimate of drug-likeness (QED) is 0.827. The number of ether oxygens (including phenoxy) is 2. The minimum atomic E-state index is -3.51. The first-order valence-corrected chi connectivity index (χ1v) is 9.91. The fourth-order valence-corrected chi connectivity index (χ4v) is 5.03. The van der Waals surface area contributed by atoms with Gasteiger partial charge < -0.3 is 9.47 Å². The maximum Gasteiger partial charge on any atom is 0.243 e. The number of piperidine rings is 1. The van der Waals surface area contributed by atoms with Crippen molar-refractivity contribution in [1.82, 2.24) is 4.31 Å². The van der Waals surface area contributed by atoms with E-state index in [0.717, 1.165) is 32.1 Å². The summed E-state index contributed by atoms with van der Waals surface area (Å²) in [6.07, 6.45) is 4.28. The highest BCUT2D eigenvalue weighted by Gasteiger charge is 2.40. The molecule has 1 atom stereocenters. The van der Waals surface area contributed by atoms with Crippen molar-refractivity contribution < 1.29 is 17.9 Å². The van der Waals surface area contributed by atoms with Gasteiger partial charge in [0, 0.05) is 6.54 Å². The van der Waals surface area contributed by atoms with Gasteiger partial charge in [0.05, 0.1) is 24.2 Å². The monoisotopic (exact) mass is 339 g/mol. The van der Waals surface area contributed by atoms with E-state index in [1.807, 2.05) is 12.1 Å². The molecule has 3 rings (SSSR count). The maximum absolute atomic E-state index is 13.0. The topological polar surface area (TPSA) is 55.8 Å². The first-order chi connectivity index (χ1) is 11.1. The van der Waals surface area contributed by atoms with Gasteiger partial charge in [-0.3, -0.25) is 0 Å². The van der Waals surface area contributed by atoms with Gasteiger partial charge in [-0.05, 0) is 37.0 Å². The van der Waals surface area contributed by atoms with E-state index in [2.05, 4.69) is 6.92 Å². The van der Waals surface area contributed by atoms with Crippen molar-refractivity contribution in [3.8, 4) is 0 Å². The molecule has 6 heteroatoms. The molecule has 0 bridgehead atoms. The molecule has 0 spiro atoms. The van der Waals surface area contributed by atoms with Gasteiger partial charge in [-0.25, -0.2) is 8.42 Å². The van der Waals surface area contributed by atoms with Crippen molar-refractivity contribution in [3.63, 3.8) is 0 Å². The summed E-state index contributed by atoms with van der Waals surface area (Å²) in [7, 11) is -3.51. The molecule has 23 heavy (non-hydrogen) atoms. The van der Waals surface area contributed by atoms with Crippen molar-refractivity contribution in [2.24, 2.45) is 0 Å². The van der Waals surface area contributed by atoms with E-state index in [1.54, 1.807) is 16.4 Å². The van der Waals surface area contributed by atoms with Crippen molar-refractivity contribution in [2.45, 2.75) is 56.3 Å². The van der Waals surface area contributed by atoms with E-state index in [0.29, 0.717) is 24.7 Å². The lowest BCUT2D eigenvalue weighted by Crippen LogP contribution is -2.50. The lowest BCUT2D eigenvalue weighted by atomic mass is 10.0. The van der Waals surface area contributed by atoms with E-state index in [-0.39, 0.29) is 6.04 Å². The van der Waals surface area contributed by atoms with Crippen molar-refractivity contribution >= 4 is 10.0 Å². The zero-order valence-corrected chi connectivity index (χ0v) is 14.4. The van der Waals surface area contributed by atoms with E-state index in [1.165, 1.54) is 5.56 Å². The predicted molar refractivity (Wildman–Crippen MR) is 87.7 cm³/mol. The Balaban J connectivity index is 1.83. The van der Waals surface area contributed by atoms with Crippen molar-refractivity contribution in [1.29, 1.82) is 0 Å². The van der Waals surface area contributed by atoms with Crippen LogP contribution < -0.4 is 0 Å². The van der Waals surface area contributed by atoms with Crippen LogP contribution in [0.15, 0.2) is 29.2 Å². The second-order valence-corrected chi connectivity index (χ2v) is 8.07. The fraction of sp³-hybridized carbons (Fsp3) is 0.647. The summed E-state index contributed by atoms with van der Waals surface area (Å²) in [6.45, 7) is 3.74. The second kappa shape index (κ2) is 7.30. The van der Waals surface area contributed by atoms with Crippen LogP contribution in [-0.4, -0.2) is 44.8 Å². The van der Waals surface area contributed by atoms with Crippen LogP contribution in [0.5, 0.6) is 0 Å². The number of benzene rings is 1. The van der Waals surface area contributed by atoms with Gasteiger partial charge >= 0.3 is 0 Å². The number of hydrogen-bond acceptors (Lipinski definition) is 4. The maximum atomic E-state index is 13.0. The Hall–Kier alpha value is -0.950. The van der Waals surface area contributed by atoms with E-state index >= 15 is 0 Å². The van der Waals surface area contributed by atoms with E-state index < -0.39 is 16.3 Å². The van der Waals surface area contributed by atoms with Gasteiger partial charge in [-0.1, -0.05) is 31.9 Å². The molecular weight excluding hydrogens is 314 g/mol. The van der Waals surface area contributed by atoms with Crippen LogP contribution >= 0.6 is 0 Å². The molecule has 0 N–H and O–H groups in total. The van der Waals surface area contributed by atoms with Crippen LogP contribution in [0.25, 0.3) is 0 Å². The number of sulfonamides is 1. The Morgan fingerprint density at radius 1 is 1.13 bits per heavy atom. The lowest BCUT2D eigenvalue weighted by Gasteiger charge is -2.36. The minimum absolute atomic E-state index is 0.216. The van der Waals surface area contributed by atoms with Gasteiger partial charge in [0.1, 0.15) is 0 Å². The van der Waals surface area contributed by atoms with Gasteiger partial charge in [-0.15, -0.1) is 0 Å².